The molecule has 1 fully saturated rings. The van der Waals surface area contributed by atoms with Crippen molar-refractivity contribution >= 4 is 21.6 Å². The molecular formula is C17H14BrFN2. The van der Waals surface area contributed by atoms with Gasteiger partial charge in [0.1, 0.15) is 11.9 Å². The number of halogens is 2. The molecule has 21 heavy (non-hydrogen) atoms. The van der Waals surface area contributed by atoms with Gasteiger partial charge in [-0.3, -0.25) is 0 Å². The lowest BCUT2D eigenvalue weighted by molar-refractivity contribution is 0.374. The summed E-state index contributed by atoms with van der Waals surface area (Å²) in [6, 6.07) is 14.9. The van der Waals surface area contributed by atoms with Gasteiger partial charge in [0.05, 0.1) is 11.3 Å². The van der Waals surface area contributed by atoms with E-state index in [9.17, 15) is 4.39 Å². The number of hydrogen-bond donors (Lipinski definition) is 1. The Hall–Kier alpha value is -1.86. The average molecular weight is 345 g/mol. The van der Waals surface area contributed by atoms with Crippen LogP contribution in [0.25, 0.3) is 0 Å². The molecule has 1 aliphatic carbocycles. The van der Waals surface area contributed by atoms with Gasteiger partial charge >= 0.3 is 0 Å². The lowest BCUT2D eigenvalue weighted by Crippen LogP contribution is -2.34. The summed E-state index contributed by atoms with van der Waals surface area (Å²) in [5.41, 5.74) is 2.71. The summed E-state index contributed by atoms with van der Waals surface area (Å²) in [6.07, 6.45) is 2.01. The van der Waals surface area contributed by atoms with Gasteiger partial charge in [0.25, 0.3) is 0 Å². The van der Waals surface area contributed by atoms with Gasteiger partial charge < -0.3 is 5.32 Å². The van der Waals surface area contributed by atoms with Gasteiger partial charge in [-0.05, 0) is 54.7 Å². The standard InChI is InChI=1S/C17H14BrFN2/c18-14-4-1-12(10-20)17(9-14)21-16-7-13(8-16)11-2-5-15(19)6-3-11/h1-6,9,13,16,21H,7-8H2. The van der Waals surface area contributed by atoms with Gasteiger partial charge in [-0.2, -0.15) is 5.26 Å². The summed E-state index contributed by atoms with van der Waals surface area (Å²) in [6.45, 7) is 0. The second-order valence-corrected chi connectivity index (χ2v) is 6.28. The van der Waals surface area contributed by atoms with Crippen molar-refractivity contribution in [2.24, 2.45) is 0 Å². The highest BCUT2D eigenvalue weighted by molar-refractivity contribution is 9.10. The highest BCUT2D eigenvalue weighted by Gasteiger charge is 2.30. The fraction of sp³-hybridized carbons (Fsp3) is 0.235. The molecule has 4 heteroatoms. The second-order valence-electron chi connectivity index (χ2n) is 5.36. The van der Waals surface area contributed by atoms with Crippen LogP contribution in [0.3, 0.4) is 0 Å². The van der Waals surface area contributed by atoms with Crippen LogP contribution < -0.4 is 5.32 Å². The van der Waals surface area contributed by atoms with Crippen LogP contribution in [0, 0.1) is 17.1 Å². The van der Waals surface area contributed by atoms with Gasteiger partial charge in [0.15, 0.2) is 0 Å². The van der Waals surface area contributed by atoms with E-state index in [2.05, 4.69) is 27.3 Å². The van der Waals surface area contributed by atoms with Crippen LogP contribution in [0.5, 0.6) is 0 Å². The van der Waals surface area contributed by atoms with Crippen molar-refractivity contribution in [2.45, 2.75) is 24.8 Å². The summed E-state index contributed by atoms with van der Waals surface area (Å²) in [5, 5.41) is 12.6. The maximum atomic E-state index is 12.9. The lowest BCUT2D eigenvalue weighted by Gasteiger charge is -2.37. The van der Waals surface area contributed by atoms with Gasteiger partial charge in [-0.1, -0.05) is 28.1 Å². The first kappa shape index (κ1) is 14.1. The maximum Gasteiger partial charge on any atom is 0.123 e. The van der Waals surface area contributed by atoms with Gasteiger partial charge in [0.2, 0.25) is 0 Å². The molecular weight excluding hydrogens is 331 g/mol. The fourth-order valence-corrected chi connectivity index (χ4v) is 3.06. The molecule has 0 aliphatic heterocycles. The Balaban J connectivity index is 1.64. The van der Waals surface area contributed by atoms with Crippen LogP contribution in [-0.2, 0) is 0 Å². The second kappa shape index (κ2) is 5.87. The molecule has 2 nitrogen and oxygen atoms in total. The predicted molar refractivity (Wildman–Crippen MR) is 84.6 cm³/mol. The number of hydrogen-bond acceptors (Lipinski definition) is 2. The topological polar surface area (TPSA) is 35.8 Å². The van der Waals surface area contributed by atoms with Gasteiger partial charge in [-0.25, -0.2) is 4.39 Å². The van der Waals surface area contributed by atoms with Crippen molar-refractivity contribution in [2.75, 3.05) is 5.32 Å². The summed E-state index contributed by atoms with van der Waals surface area (Å²) in [7, 11) is 0. The van der Waals surface area contributed by atoms with Crippen LogP contribution >= 0.6 is 15.9 Å². The largest absolute Gasteiger partial charge is 0.381 e. The van der Waals surface area contributed by atoms with E-state index in [1.807, 2.05) is 30.3 Å². The average Bonchev–Trinajstić information content (AvgIpc) is 2.44. The van der Waals surface area contributed by atoms with Crippen molar-refractivity contribution in [3.8, 4) is 6.07 Å². The van der Waals surface area contributed by atoms with E-state index in [0.717, 1.165) is 23.0 Å². The normalized spacial score (nSPS) is 20.4. The van der Waals surface area contributed by atoms with Crippen LogP contribution in [0.4, 0.5) is 10.1 Å². The third kappa shape index (κ3) is 3.08. The number of rotatable bonds is 3. The number of nitrogens with one attached hydrogen (secondary N) is 1. The number of nitrogens with zero attached hydrogens (tertiary/aromatic N) is 1. The van der Waals surface area contributed by atoms with E-state index < -0.39 is 0 Å². The Labute approximate surface area is 131 Å². The van der Waals surface area contributed by atoms with E-state index in [0.29, 0.717) is 17.5 Å². The minimum absolute atomic E-state index is 0.194. The Morgan fingerprint density at radius 1 is 1.14 bits per heavy atom. The third-order valence-corrected chi connectivity index (χ3v) is 4.43. The Morgan fingerprint density at radius 3 is 2.52 bits per heavy atom. The van der Waals surface area contributed by atoms with Crippen molar-refractivity contribution in [3.63, 3.8) is 0 Å². The minimum Gasteiger partial charge on any atom is -0.381 e. The van der Waals surface area contributed by atoms with Crippen molar-refractivity contribution < 1.29 is 4.39 Å². The zero-order valence-corrected chi connectivity index (χ0v) is 12.9. The molecule has 0 bridgehead atoms. The first-order chi connectivity index (χ1) is 10.2. The summed E-state index contributed by atoms with van der Waals surface area (Å²) >= 11 is 3.43. The van der Waals surface area contributed by atoms with E-state index in [-0.39, 0.29) is 5.82 Å². The Kier molecular flexibility index (Phi) is 3.94. The Morgan fingerprint density at radius 2 is 1.86 bits per heavy atom. The molecule has 0 unspecified atom stereocenters. The summed E-state index contributed by atoms with van der Waals surface area (Å²) in [5.74, 6) is 0.279. The molecule has 2 aromatic rings. The molecule has 3 rings (SSSR count). The van der Waals surface area contributed by atoms with Crippen molar-refractivity contribution in [3.05, 3.63) is 63.9 Å². The number of benzene rings is 2. The van der Waals surface area contributed by atoms with Crippen LogP contribution in [0.2, 0.25) is 0 Å². The maximum absolute atomic E-state index is 12.9. The molecule has 0 aromatic heterocycles. The first-order valence-corrected chi connectivity index (χ1v) is 7.66. The van der Waals surface area contributed by atoms with E-state index in [4.69, 9.17) is 5.26 Å². The van der Waals surface area contributed by atoms with Crippen LogP contribution in [0.1, 0.15) is 29.9 Å². The zero-order chi connectivity index (χ0) is 14.8. The predicted octanol–water partition coefficient (Wildman–Crippen LogP) is 4.82. The highest BCUT2D eigenvalue weighted by Crippen LogP contribution is 2.39. The van der Waals surface area contributed by atoms with Gasteiger partial charge in [-0.15, -0.1) is 0 Å². The molecule has 0 amide bonds. The summed E-state index contributed by atoms with van der Waals surface area (Å²) < 4.78 is 13.9. The van der Waals surface area contributed by atoms with Gasteiger partial charge in [0, 0.05) is 10.5 Å². The van der Waals surface area contributed by atoms with Crippen LogP contribution in [-0.4, -0.2) is 6.04 Å². The molecule has 0 atom stereocenters. The molecule has 2 aromatic carbocycles. The minimum atomic E-state index is -0.194. The molecule has 1 aliphatic rings. The molecule has 0 heterocycles. The number of nitriles is 1. The SMILES string of the molecule is N#Cc1ccc(Br)cc1NC1CC(c2ccc(F)cc2)C1. The van der Waals surface area contributed by atoms with E-state index >= 15 is 0 Å². The van der Waals surface area contributed by atoms with Crippen molar-refractivity contribution in [1.29, 1.82) is 5.26 Å². The van der Waals surface area contributed by atoms with E-state index in [1.165, 1.54) is 17.7 Å². The first-order valence-electron chi connectivity index (χ1n) is 6.87. The molecule has 1 N–H and O–H groups in total. The monoisotopic (exact) mass is 344 g/mol. The smallest absolute Gasteiger partial charge is 0.123 e. The zero-order valence-electron chi connectivity index (χ0n) is 11.3. The van der Waals surface area contributed by atoms with Crippen molar-refractivity contribution in [1.82, 2.24) is 0 Å². The molecule has 1 saturated carbocycles. The molecule has 0 radical (unpaired) electrons. The fourth-order valence-electron chi connectivity index (χ4n) is 2.70. The molecule has 106 valence electrons. The number of anilines is 1. The van der Waals surface area contributed by atoms with E-state index in [1.54, 1.807) is 0 Å². The quantitative estimate of drug-likeness (QED) is 0.866. The lowest BCUT2D eigenvalue weighted by atomic mass is 9.76. The molecule has 0 spiro atoms. The summed E-state index contributed by atoms with van der Waals surface area (Å²) in [4.78, 5) is 0. The third-order valence-electron chi connectivity index (χ3n) is 3.94. The van der Waals surface area contributed by atoms with Crippen LogP contribution in [0.15, 0.2) is 46.9 Å². The molecule has 0 saturated heterocycles. The highest BCUT2D eigenvalue weighted by atomic mass is 79.9. The Bertz CT molecular complexity index is 685.